The normalized spacial score (nSPS) is 10.1. The molecule has 0 radical (unpaired) electrons. The number of nitrogens with one attached hydrogen (secondary N) is 3. The number of urea groups is 1. The Balaban J connectivity index is 2.04. The molecule has 9 heteroatoms. The van der Waals surface area contributed by atoms with Crippen LogP contribution in [0.25, 0.3) is 0 Å². The first-order valence-electron chi connectivity index (χ1n) is 8.45. The van der Waals surface area contributed by atoms with Crippen LogP contribution in [0.15, 0.2) is 30.6 Å². The van der Waals surface area contributed by atoms with Crippen molar-refractivity contribution in [2.45, 2.75) is 19.9 Å². The third-order valence-electron chi connectivity index (χ3n) is 3.74. The van der Waals surface area contributed by atoms with Crippen molar-refractivity contribution in [1.82, 2.24) is 14.9 Å². The van der Waals surface area contributed by atoms with Gasteiger partial charge < -0.3 is 25.6 Å². The highest BCUT2D eigenvalue weighted by Crippen LogP contribution is 2.28. The van der Waals surface area contributed by atoms with Crippen molar-refractivity contribution < 1.29 is 14.3 Å². The molecule has 0 aliphatic rings. The number of hydrogen-bond acceptors (Lipinski definition) is 6. The van der Waals surface area contributed by atoms with Crippen LogP contribution in [-0.4, -0.2) is 48.0 Å². The maximum atomic E-state index is 12.4. The molecular formula is C18H24N6O3. The van der Waals surface area contributed by atoms with Crippen molar-refractivity contribution in [1.29, 1.82) is 0 Å². The SMILES string of the molecule is CCC(=O)Nc1cc(NC(=O)N(C)Cc2cnc(NC)nc2)ccc1OC. The van der Waals surface area contributed by atoms with Crippen molar-refractivity contribution >= 4 is 29.3 Å². The third kappa shape index (κ3) is 5.56. The quantitative estimate of drug-likeness (QED) is 0.689. The maximum Gasteiger partial charge on any atom is 0.321 e. The Morgan fingerprint density at radius 3 is 2.48 bits per heavy atom. The number of methoxy groups -OCH3 is 1. The summed E-state index contributed by atoms with van der Waals surface area (Å²) in [4.78, 5) is 33.8. The standard InChI is InChI=1S/C18H24N6O3/c1-5-16(25)23-14-8-13(6-7-15(14)27-4)22-18(26)24(3)11-12-9-20-17(19-2)21-10-12/h6-10H,5,11H2,1-4H3,(H,22,26)(H,23,25)(H,19,20,21). The van der Waals surface area contributed by atoms with E-state index in [1.54, 1.807) is 51.6 Å². The molecule has 0 fully saturated rings. The first-order valence-corrected chi connectivity index (χ1v) is 8.45. The average molecular weight is 372 g/mol. The van der Waals surface area contributed by atoms with Gasteiger partial charge in [0.05, 0.1) is 19.3 Å². The van der Waals surface area contributed by atoms with Gasteiger partial charge in [-0.05, 0) is 18.2 Å². The molecule has 27 heavy (non-hydrogen) atoms. The average Bonchev–Trinajstić information content (AvgIpc) is 2.68. The Morgan fingerprint density at radius 2 is 1.89 bits per heavy atom. The molecule has 9 nitrogen and oxygen atoms in total. The van der Waals surface area contributed by atoms with Crippen molar-refractivity contribution in [3.8, 4) is 5.75 Å². The minimum absolute atomic E-state index is 0.140. The predicted molar refractivity (Wildman–Crippen MR) is 104 cm³/mol. The summed E-state index contributed by atoms with van der Waals surface area (Å²) in [6.45, 7) is 2.11. The van der Waals surface area contributed by atoms with Crippen LogP contribution in [0.1, 0.15) is 18.9 Å². The molecule has 2 aromatic rings. The van der Waals surface area contributed by atoms with Crippen LogP contribution in [0.2, 0.25) is 0 Å². The molecule has 0 unspecified atom stereocenters. The number of carbonyl (C=O) groups excluding carboxylic acids is 2. The van der Waals surface area contributed by atoms with Crippen molar-refractivity contribution in [3.05, 3.63) is 36.2 Å². The van der Waals surface area contributed by atoms with Crippen molar-refractivity contribution in [2.24, 2.45) is 0 Å². The van der Waals surface area contributed by atoms with Crippen LogP contribution in [0.3, 0.4) is 0 Å². The molecule has 3 amide bonds. The lowest BCUT2D eigenvalue weighted by molar-refractivity contribution is -0.115. The monoisotopic (exact) mass is 372 g/mol. The number of rotatable bonds is 7. The minimum Gasteiger partial charge on any atom is -0.495 e. The Labute approximate surface area is 158 Å². The van der Waals surface area contributed by atoms with E-state index in [0.29, 0.717) is 36.0 Å². The van der Waals surface area contributed by atoms with Crippen LogP contribution in [0, 0.1) is 0 Å². The van der Waals surface area contributed by atoms with Gasteiger partial charge in [0.1, 0.15) is 5.75 Å². The molecule has 0 spiro atoms. The van der Waals surface area contributed by atoms with Gasteiger partial charge in [0.25, 0.3) is 0 Å². The lowest BCUT2D eigenvalue weighted by Crippen LogP contribution is -2.31. The highest BCUT2D eigenvalue weighted by molar-refractivity contribution is 5.94. The maximum absolute atomic E-state index is 12.4. The molecule has 144 valence electrons. The number of ether oxygens (including phenoxy) is 1. The molecule has 0 aliphatic heterocycles. The first-order chi connectivity index (χ1) is 13.0. The second-order valence-corrected chi connectivity index (χ2v) is 5.77. The molecule has 1 aromatic carbocycles. The minimum atomic E-state index is -0.300. The van der Waals surface area contributed by atoms with E-state index in [9.17, 15) is 9.59 Å². The van der Waals surface area contributed by atoms with Crippen LogP contribution < -0.4 is 20.7 Å². The summed E-state index contributed by atoms with van der Waals surface area (Å²) in [6, 6.07) is 4.75. The van der Waals surface area contributed by atoms with Crippen LogP contribution in [0.4, 0.5) is 22.1 Å². The molecule has 1 aromatic heterocycles. The van der Waals surface area contributed by atoms with E-state index >= 15 is 0 Å². The molecule has 0 atom stereocenters. The summed E-state index contributed by atoms with van der Waals surface area (Å²) >= 11 is 0. The lowest BCUT2D eigenvalue weighted by Gasteiger charge is -2.19. The van der Waals surface area contributed by atoms with Crippen molar-refractivity contribution in [3.63, 3.8) is 0 Å². The molecule has 2 rings (SSSR count). The Bertz CT molecular complexity index is 794. The van der Waals surface area contributed by atoms with Gasteiger partial charge in [0.2, 0.25) is 11.9 Å². The Kier molecular flexibility index (Phi) is 6.93. The van der Waals surface area contributed by atoms with Crippen LogP contribution in [-0.2, 0) is 11.3 Å². The lowest BCUT2D eigenvalue weighted by atomic mass is 10.2. The van der Waals surface area contributed by atoms with Crippen LogP contribution in [0.5, 0.6) is 5.75 Å². The van der Waals surface area contributed by atoms with E-state index in [1.165, 1.54) is 12.0 Å². The number of anilines is 3. The summed E-state index contributed by atoms with van der Waals surface area (Å²) in [7, 11) is 4.93. The summed E-state index contributed by atoms with van der Waals surface area (Å²) in [5.74, 6) is 0.898. The number of aromatic nitrogens is 2. The van der Waals surface area contributed by atoms with Gasteiger partial charge >= 0.3 is 6.03 Å². The van der Waals surface area contributed by atoms with E-state index in [2.05, 4.69) is 25.9 Å². The van der Waals surface area contributed by atoms with E-state index in [4.69, 9.17) is 4.74 Å². The number of benzene rings is 1. The zero-order valence-corrected chi connectivity index (χ0v) is 15.9. The first kappa shape index (κ1) is 20.0. The molecule has 0 bridgehead atoms. The second-order valence-electron chi connectivity index (χ2n) is 5.77. The van der Waals surface area contributed by atoms with Gasteiger partial charge in [-0.1, -0.05) is 6.92 Å². The van der Waals surface area contributed by atoms with Gasteiger partial charge in [-0.3, -0.25) is 4.79 Å². The van der Waals surface area contributed by atoms with E-state index in [-0.39, 0.29) is 11.9 Å². The summed E-state index contributed by atoms with van der Waals surface area (Å²) in [6.07, 6.45) is 3.67. The van der Waals surface area contributed by atoms with Crippen LogP contribution >= 0.6 is 0 Å². The summed E-state index contributed by atoms with van der Waals surface area (Å²) < 4.78 is 5.24. The molecule has 0 saturated heterocycles. The van der Waals surface area contributed by atoms with Gasteiger partial charge in [-0.2, -0.15) is 0 Å². The second kappa shape index (κ2) is 9.37. The summed E-state index contributed by atoms with van der Waals surface area (Å²) in [5.41, 5.74) is 1.85. The number of amides is 3. The van der Waals surface area contributed by atoms with Gasteiger partial charge in [-0.25, -0.2) is 14.8 Å². The van der Waals surface area contributed by atoms with Gasteiger partial charge in [0, 0.05) is 44.2 Å². The summed E-state index contributed by atoms with van der Waals surface area (Å²) in [5, 5.41) is 8.39. The highest BCUT2D eigenvalue weighted by Gasteiger charge is 2.13. The van der Waals surface area contributed by atoms with E-state index < -0.39 is 0 Å². The Morgan fingerprint density at radius 1 is 1.19 bits per heavy atom. The molecule has 0 saturated carbocycles. The molecule has 0 aliphatic carbocycles. The van der Waals surface area contributed by atoms with E-state index in [1.807, 2.05) is 0 Å². The fourth-order valence-corrected chi connectivity index (χ4v) is 2.25. The third-order valence-corrected chi connectivity index (χ3v) is 3.74. The fraction of sp³-hybridized carbons (Fsp3) is 0.333. The number of nitrogens with zero attached hydrogens (tertiary/aromatic N) is 3. The molecule has 3 N–H and O–H groups in total. The Hall–Kier alpha value is -3.36. The zero-order valence-electron chi connectivity index (χ0n) is 15.9. The number of carbonyl (C=O) groups is 2. The van der Waals surface area contributed by atoms with Crippen molar-refractivity contribution in [2.75, 3.05) is 37.2 Å². The topological polar surface area (TPSA) is 108 Å². The van der Waals surface area contributed by atoms with Gasteiger partial charge in [-0.15, -0.1) is 0 Å². The largest absolute Gasteiger partial charge is 0.495 e. The zero-order chi connectivity index (χ0) is 19.8. The predicted octanol–water partition coefficient (Wildman–Crippen LogP) is 2.54. The molecule has 1 heterocycles. The highest BCUT2D eigenvalue weighted by atomic mass is 16.5. The number of hydrogen-bond donors (Lipinski definition) is 3. The van der Waals surface area contributed by atoms with Gasteiger partial charge in [0.15, 0.2) is 0 Å². The smallest absolute Gasteiger partial charge is 0.321 e. The molecular weight excluding hydrogens is 348 g/mol. The van der Waals surface area contributed by atoms with E-state index in [0.717, 1.165) is 5.56 Å². The fourth-order valence-electron chi connectivity index (χ4n) is 2.25.